The van der Waals surface area contributed by atoms with Gasteiger partial charge in [0, 0.05) is 24.8 Å². The number of nitriles is 1. The second-order valence-electron chi connectivity index (χ2n) is 7.55. The molecule has 1 heterocycles. The lowest BCUT2D eigenvalue weighted by Gasteiger charge is -2.29. The van der Waals surface area contributed by atoms with Crippen molar-refractivity contribution in [1.29, 1.82) is 5.26 Å². The summed E-state index contributed by atoms with van der Waals surface area (Å²) in [5.41, 5.74) is 1.63. The fraction of sp³-hybridized carbons (Fsp3) is 0.292. The molecule has 0 spiro atoms. The van der Waals surface area contributed by atoms with Crippen molar-refractivity contribution >= 4 is 16.8 Å². The minimum absolute atomic E-state index is 0.0854. The number of nitrogens with one attached hydrogen (secondary N) is 2. The smallest absolute Gasteiger partial charge is 0.315 e. The van der Waals surface area contributed by atoms with Gasteiger partial charge in [-0.2, -0.15) is 5.26 Å². The summed E-state index contributed by atoms with van der Waals surface area (Å²) >= 11 is 0. The molecule has 3 aromatic rings. The number of carbonyl (C=O) groups is 1. The van der Waals surface area contributed by atoms with Gasteiger partial charge >= 0.3 is 6.03 Å². The van der Waals surface area contributed by atoms with E-state index in [0.717, 1.165) is 36.6 Å². The number of hydrogen-bond acceptors (Lipinski definition) is 4. The van der Waals surface area contributed by atoms with Crippen molar-refractivity contribution in [1.82, 2.24) is 15.6 Å². The molecular formula is C24H24N4O2. The monoisotopic (exact) mass is 400 g/mol. The average molecular weight is 400 g/mol. The van der Waals surface area contributed by atoms with Crippen LogP contribution < -0.4 is 15.4 Å². The minimum atomic E-state index is -0.138. The lowest BCUT2D eigenvalue weighted by atomic mass is 9.93. The molecule has 0 unspecified atom stereocenters. The zero-order valence-corrected chi connectivity index (χ0v) is 16.7. The van der Waals surface area contributed by atoms with E-state index in [9.17, 15) is 4.79 Å². The van der Waals surface area contributed by atoms with Crippen LogP contribution in [-0.4, -0.2) is 23.2 Å². The number of amides is 2. The summed E-state index contributed by atoms with van der Waals surface area (Å²) in [4.78, 5) is 16.5. The number of carbonyl (C=O) groups excluding carboxylic acids is 1. The Morgan fingerprint density at radius 2 is 1.87 bits per heavy atom. The molecule has 1 aliphatic carbocycles. The Balaban J connectivity index is 1.22. The van der Waals surface area contributed by atoms with Crippen LogP contribution in [-0.2, 0) is 6.54 Å². The van der Waals surface area contributed by atoms with Crippen LogP contribution in [0.4, 0.5) is 4.79 Å². The summed E-state index contributed by atoms with van der Waals surface area (Å²) < 4.78 is 5.91. The molecule has 1 fully saturated rings. The third kappa shape index (κ3) is 4.87. The lowest BCUT2D eigenvalue weighted by molar-refractivity contribution is 0.135. The van der Waals surface area contributed by atoms with E-state index < -0.39 is 0 Å². The summed E-state index contributed by atoms with van der Waals surface area (Å²) in [6.07, 6.45) is 5.04. The van der Waals surface area contributed by atoms with Crippen molar-refractivity contribution in [3.8, 4) is 11.9 Å². The Kier molecular flexibility index (Phi) is 6.09. The van der Waals surface area contributed by atoms with Crippen LogP contribution in [0, 0.1) is 11.3 Å². The molecular weight excluding hydrogens is 376 g/mol. The summed E-state index contributed by atoms with van der Waals surface area (Å²) in [6.45, 7) is 0.496. The van der Waals surface area contributed by atoms with Crippen molar-refractivity contribution in [2.75, 3.05) is 0 Å². The summed E-state index contributed by atoms with van der Waals surface area (Å²) in [5.74, 6) is 0.540. The maximum atomic E-state index is 12.4. The van der Waals surface area contributed by atoms with Crippen LogP contribution >= 0.6 is 0 Å². The van der Waals surface area contributed by atoms with Gasteiger partial charge in [0.05, 0.1) is 5.56 Å². The molecule has 2 aromatic carbocycles. The molecule has 0 bridgehead atoms. The highest BCUT2D eigenvalue weighted by Gasteiger charge is 2.24. The normalized spacial score (nSPS) is 18.4. The Labute approximate surface area is 175 Å². The molecule has 0 atom stereocenters. The first kappa shape index (κ1) is 19.7. The van der Waals surface area contributed by atoms with Crippen molar-refractivity contribution < 1.29 is 9.53 Å². The topological polar surface area (TPSA) is 87.0 Å². The second-order valence-corrected chi connectivity index (χ2v) is 7.55. The number of ether oxygens (including phenoxy) is 1. The number of pyridine rings is 1. The molecule has 1 saturated carbocycles. The van der Waals surface area contributed by atoms with Gasteiger partial charge in [-0.15, -0.1) is 0 Å². The average Bonchev–Trinajstić information content (AvgIpc) is 2.79. The predicted molar refractivity (Wildman–Crippen MR) is 115 cm³/mol. The van der Waals surface area contributed by atoms with E-state index in [2.05, 4.69) is 33.8 Å². The molecule has 0 saturated heterocycles. The Morgan fingerprint density at radius 1 is 1.07 bits per heavy atom. The van der Waals surface area contributed by atoms with Crippen LogP contribution in [0.1, 0.15) is 36.8 Å². The first-order valence-electron chi connectivity index (χ1n) is 10.2. The molecule has 0 radical (unpaired) electrons. The number of benzene rings is 2. The maximum absolute atomic E-state index is 12.4. The number of fused-ring (bicyclic) bond motifs is 1. The molecule has 1 aliphatic rings. The fourth-order valence-corrected chi connectivity index (χ4v) is 3.87. The third-order valence-electron chi connectivity index (χ3n) is 5.48. The first-order chi connectivity index (χ1) is 14.7. The van der Waals surface area contributed by atoms with E-state index >= 15 is 0 Å². The van der Waals surface area contributed by atoms with Gasteiger partial charge in [0.25, 0.3) is 0 Å². The third-order valence-corrected chi connectivity index (χ3v) is 5.48. The quantitative estimate of drug-likeness (QED) is 0.669. The summed E-state index contributed by atoms with van der Waals surface area (Å²) in [5, 5.41) is 17.2. The Hall–Kier alpha value is -3.59. The van der Waals surface area contributed by atoms with Crippen molar-refractivity contribution in [2.45, 2.75) is 44.4 Å². The largest absolute Gasteiger partial charge is 0.474 e. The van der Waals surface area contributed by atoms with Gasteiger partial charge < -0.3 is 15.4 Å². The van der Waals surface area contributed by atoms with E-state index in [0.29, 0.717) is 18.0 Å². The molecule has 6 nitrogen and oxygen atoms in total. The molecule has 30 heavy (non-hydrogen) atoms. The van der Waals surface area contributed by atoms with Gasteiger partial charge in [-0.1, -0.05) is 42.5 Å². The molecule has 2 N–H and O–H groups in total. The van der Waals surface area contributed by atoms with Gasteiger partial charge in [0.2, 0.25) is 5.88 Å². The van der Waals surface area contributed by atoms with E-state index in [1.54, 1.807) is 12.1 Å². The number of nitrogens with zero attached hydrogens (tertiary/aromatic N) is 2. The highest BCUT2D eigenvalue weighted by Crippen LogP contribution is 2.23. The maximum Gasteiger partial charge on any atom is 0.315 e. The van der Waals surface area contributed by atoms with Crippen molar-refractivity contribution in [3.05, 3.63) is 71.9 Å². The Morgan fingerprint density at radius 3 is 2.63 bits per heavy atom. The van der Waals surface area contributed by atoms with Gasteiger partial charge in [-0.3, -0.25) is 0 Å². The van der Waals surface area contributed by atoms with Gasteiger partial charge in [-0.05, 0) is 48.1 Å². The highest BCUT2D eigenvalue weighted by atomic mass is 16.5. The number of aromatic nitrogens is 1. The zero-order valence-electron chi connectivity index (χ0n) is 16.7. The van der Waals surface area contributed by atoms with Crippen LogP contribution in [0.15, 0.2) is 60.8 Å². The number of rotatable bonds is 5. The standard InChI is InChI=1S/C24H24N4O2/c25-14-17-8-13-23(26-15-17)30-21-11-9-20(10-12-21)28-24(29)27-16-19-6-3-5-18-4-1-2-7-22(18)19/h1-8,13,15,20-21H,9-12,16H2,(H2,27,28,29). The summed E-state index contributed by atoms with van der Waals surface area (Å²) in [6, 6.07) is 19.8. The molecule has 152 valence electrons. The fourth-order valence-electron chi connectivity index (χ4n) is 3.87. The molecule has 1 aromatic heterocycles. The predicted octanol–water partition coefficient (Wildman–Crippen LogP) is 4.30. The molecule has 4 rings (SSSR count). The van der Waals surface area contributed by atoms with E-state index in [-0.39, 0.29) is 18.2 Å². The van der Waals surface area contributed by atoms with Crippen LogP contribution in [0.2, 0.25) is 0 Å². The van der Waals surface area contributed by atoms with E-state index in [4.69, 9.17) is 10.00 Å². The second kappa shape index (κ2) is 9.27. The zero-order chi connectivity index (χ0) is 20.8. The SMILES string of the molecule is N#Cc1ccc(OC2CCC(NC(=O)NCc3cccc4ccccc34)CC2)nc1. The molecule has 2 amide bonds. The van der Waals surface area contributed by atoms with E-state index in [1.165, 1.54) is 11.6 Å². The number of urea groups is 1. The lowest BCUT2D eigenvalue weighted by Crippen LogP contribution is -2.44. The van der Waals surface area contributed by atoms with Crippen LogP contribution in [0.25, 0.3) is 10.8 Å². The van der Waals surface area contributed by atoms with Crippen LogP contribution in [0.3, 0.4) is 0 Å². The van der Waals surface area contributed by atoms with Gasteiger partial charge in [0.1, 0.15) is 12.2 Å². The van der Waals surface area contributed by atoms with Gasteiger partial charge in [0.15, 0.2) is 0 Å². The number of hydrogen-bond donors (Lipinski definition) is 2. The Bertz CT molecular complexity index is 1050. The molecule has 0 aliphatic heterocycles. The van der Waals surface area contributed by atoms with Gasteiger partial charge in [-0.25, -0.2) is 9.78 Å². The first-order valence-corrected chi connectivity index (χ1v) is 10.2. The molecule has 6 heteroatoms. The van der Waals surface area contributed by atoms with Crippen molar-refractivity contribution in [2.24, 2.45) is 0 Å². The van der Waals surface area contributed by atoms with E-state index in [1.807, 2.05) is 30.3 Å². The minimum Gasteiger partial charge on any atom is -0.474 e. The van der Waals surface area contributed by atoms with Crippen molar-refractivity contribution in [3.63, 3.8) is 0 Å². The highest BCUT2D eigenvalue weighted by molar-refractivity contribution is 5.86. The van der Waals surface area contributed by atoms with Crippen LogP contribution in [0.5, 0.6) is 5.88 Å². The summed E-state index contributed by atoms with van der Waals surface area (Å²) in [7, 11) is 0.